The zero-order chi connectivity index (χ0) is 17.0. The lowest BCUT2D eigenvalue weighted by Gasteiger charge is -2.15. The Kier molecular flexibility index (Phi) is 3.57. The Hall–Kier alpha value is -1.92. The summed E-state index contributed by atoms with van der Waals surface area (Å²) in [4.78, 5) is 15.1. The van der Waals surface area contributed by atoms with Gasteiger partial charge in [-0.15, -0.1) is 16.4 Å². The molecular weight excluding hydrogens is 356 g/mol. The van der Waals surface area contributed by atoms with E-state index in [1.54, 1.807) is 11.3 Å². The Morgan fingerprint density at radius 2 is 2.12 bits per heavy atom. The van der Waals surface area contributed by atoms with Gasteiger partial charge >= 0.3 is 0 Å². The minimum absolute atomic E-state index is 0.292. The van der Waals surface area contributed by atoms with Crippen molar-refractivity contribution in [1.29, 1.82) is 0 Å². The van der Waals surface area contributed by atoms with Crippen LogP contribution in [-0.4, -0.2) is 38.4 Å². The van der Waals surface area contributed by atoms with Crippen molar-refractivity contribution < 1.29 is 4.79 Å². The predicted molar refractivity (Wildman–Crippen MR) is 98.7 cm³/mol. The lowest BCUT2D eigenvalue weighted by Crippen LogP contribution is -2.27. The van der Waals surface area contributed by atoms with E-state index in [1.165, 1.54) is 0 Å². The number of thiophene rings is 1. The van der Waals surface area contributed by atoms with E-state index >= 15 is 0 Å². The summed E-state index contributed by atoms with van der Waals surface area (Å²) >= 11 is 8.17. The molecule has 2 aliphatic rings. The molecule has 0 N–H and O–H groups in total. The number of carbonyl (C=O) groups excluding carboxylic acids is 1. The number of hydrogen-bond donors (Lipinski definition) is 0. The molecule has 3 heterocycles. The Balaban J connectivity index is 1.36. The number of amides is 1. The molecule has 1 saturated carbocycles. The number of likely N-dealkylation sites (tertiary alicyclic amines) is 1. The average Bonchev–Trinajstić information content (AvgIpc) is 3.10. The van der Waals surface area contributed by atoms with E-state index in [1.807, 2.05) is 34.0 Å². The van der Waals surface area contributed by atoms with Crippen molar-refractivity contribution in [3.05, 3.63) is 35.5 Å². The molecule has 1 aliphatic carbocycles. The van der Waals surface area contributed by atoms with Crippen molar-refractivity contribution in [3.63, 3.8) is 0 Å². The maximum atomic E-state index is 12.1. The van der Waals surface area contributed by atoms with Gasteiger partial charge in [0.05, 0.1) is 16.1 Å². The van der Waals surface area contributed by atoms with Crippen LogP contribution in [0.25, 0.3) is 20.7 Å². The third kappa shape index (κ3) is 2.73. The standard InChI is InChI=1S/C18H17ClN4OS/c19-17-13-3-1-2-4-15(13)25-18(17)14-10-22(21-20-14)8-11-7-16(24)23(9-11)12-5-6-12/h1-4,10-12H,5-9H2. The van der Waals surface area contributed by atoms with Crippen LogP contribution in [0.1, 0.15) is 19.3 Å². The highest BCUT2D eigenvalue weighted by molar-refractivity contribution is 7.23. The van der Waals surface area contributed by atoms with E-state index in [0.717, 1.165) is 51.6 Å². The molecule has 1 aliphatic heterocycles. The number of aromatic nitrogens is 3. The summed E-state index contributed by atoms with van der Waals surface area (Å²) < 4.78 is 3.00. The molecule has 0 bridgehead atoms. The van der Waals surface area contributed by atoms with Gasteiger partial charge in [-0.05, 0) is 18.9 Å². The quantitative estimate of drug-likeness (QED) is 0.699. The van der Waals surface area contributed by atoms with Gasteiger partial charge in [0, 0.05) is 41.6 Å². The number of hydrogen-bond acceptors (Lipinski definition) is 4. The minimum atomic E-state index is 0.292. The van der Waals surface area contributed by atoms with Gasteiger partial charge < -0.3 is 4.90 Å². The fourth-order valence-electron chi connectivity index (χ4n) is 3.60. The number of carbonyl (C=O) groups is 1. The van der Waals surface area contributed by atoms with Gasteiger partial charge in [0.15, 0.2) is 0 Å². The van der Waals surface area contributed by atoms with Gasteiger partial charge in [0.25, 0.3) is 0 Å². The van der Waals surface area contributed by atoms with Crippen molar-refractivity contribution >= 4 is 38.9 Å². The predicted octanol–water partition coefficient (Wildman–Crippen LogP) is 3.82. The molecule has 0 spiro atoms. The lowest BCUT2D eigenvalue weighted by atomic mass is 10.1. The largest absolute Gasteiger partial charge is 0.339 e. The van der Waals surface area contributed by atoms with Gasteiger partial charge in [-0.25, -0.2) is 0 Å². The maximum absolute atomic E-state index is 12.1. The Morgan fingerprint density at radius 3 is 2.92 bits per heavy atom. The van der Waals surface area contributed by atoms with Gasteiger partial charge in [0.2, 0.25) is 5.91 Å². The molecule has 25 heavy (non-hydrogen) atoms. The van der Waals surface area contributed by atoms with Crippen LogP contribution in [0.3, 0.4) is 0 Å². The van der Waals surface area contributed by atoms with E-state index in [2.05, 4.69) is 16.4 Å². The summed E-state index contributed by atoms with van der Waals surface area (Å²) in [5.74, 6) is 0.612. The zero-order valence-electron chi connectivity index (χ0n) is 13.6. The highest BCUT2D eigenvalue weighted by Crippen LogP contribution is 2.41. The van der Waals surface area contributed by atoms with Crippen LogP contribution in [0.2, 0.25) is 5.02 Å². The number of rotatable bonds is 4. The van der Waals surface area contributed by atoms with Crippen LogP contribution >= 0.6 is 22.9 Å². The smallest absolute Gasteiger partial charge is 0.223 e. The molecule has 1 atom stereocenters. The first kappa shape index (κ1) is 15.3. The molecule has 2 aromatic heterocycles. The molecule has 5 nitrogen and oxygen atoms in total. The van der Waals surface area contributed by atoms with Crippen LogP contribution in [-0.2, 0) is 11.3 Å². The SMILES string of the molecule is O=C1CC(Cn2cc(-c3sc4ccccc4c3Cl)nn2)CN1C1CC1. The Morgan fingerprint density at radius 1 is 1.28 bits per heavy atom. The normalized spacial score (nSPS) is 20.8. The fraction of sp³-hybridized carbons (Fsp3) is 0.389. The summed E-state index contributed by atoms with van der Waals surface area (Å²) in [6, 6.07) is 8.60. The lowest BCUT2D eigenvalue weighted by molar-refractivity contribution is -0.128. The third-order valence-electron chi connectivity index (χ3n) is 4.98. The molecule has 0 radical (unpaired) electrons. The number of fused-ring (bicyclic) bond motifs is 1. The van der Waals surface area contributed by atoms with Crippen molar-refractivity contribution in [2.45, 2.75) is 31.8 Å². The van der Waals surface area contributed by atoms with Crippen LogP contribution in [0.15, 0.2) is 30.5 Å². The van der Waals surface area contributed by atoms with Gasteiger partial charge in [-0.1, -0.05) is 35.0 Å². The summed E-state index contributed by atoms with van der Waals surface area (Å²) in [6.07, 6.45) is 4.89. The monoisotopic (exact) mass is 372 g/mol. The van der Waals surface area contributed by atoms with Crippen molar-refractivity contribution in [2.24, 2.45) is 5.92 Å². The second-order valence-electron chi connectivity index (χ2n) is 6.91. The summed E-state index contributed by atoms with van der Waals surface area (Å²) in [6.45, 7) is 1.58. The van der Waals surface area contributed by atoms with E-state index in [4.69, 9.17) is 11.6 Å². The van der Waals surface area contributed by atoms with Crippen LogP contribution in [0.5, 0.6) is 0 Å². The molecule has 1 saturated heterocycles. The zero-order valence-corrected chi connectivity index (χ0v) is 15.1. The molecule has 7 heteroatoms. The second-order valence-corrected chi connectivity index (χ2v) is 8.34. The second kappa shape index (κ2) is 5.81. The van der Waals surface area contributed by atoms with Gasteiger partial charge in [-0.3, -0.25) is 9.48 Å². The van der Waals surface area contributed by atoms with Crippen molar-refractivity contribution in [3.8, 4) is 10.6 Å². The van der Waals surface area contributed by atoms with Crippen molar-refractivity contribution in [1.82, 2.24) is 19.9 Å². The Bertz CT molecular complexity index is 961. The average molecular weight is 373 g/mol. The number of nitrogens with zero attached hydrogens (tertiary/aromatic N) is 4. The number of halogens is 1. The van der Waals surface area contributed by atoms with Crippen LogP contribution in [0.4, 0.5) is 0 Å². The summed E-state index contributed by atoms with van der Waals surface area (Å²) in [5, 5.41) is 10.4. The third-order valence-corrected chi connectivity index (χ3v) is 6.68. The Labute approximate surface area is 154 Å². The van der Waals surface area contributed by atoms with Gasteiger partial charge in [0.1, 0.15) is 5.69 Å². The highest BCUT2D eigenvalue weighted by Gasteiger charge is 2.39. The molecule has 3 aromatic rings. The molecule has 1 unspecified atom stereocenters. The first-order chi connectivity index (χ1) is 12.2. The molecule has 2 fully saturated rings. The van der Waals surface area contributed by atoms with Crippen LogP contribution < -0.4 is 0 Å². The molecular formula is C18H17ClN4OS. The molecule has 5 rings (SSSR count). The number of benzene rings is 1. The molecule has 1 amide bonds. The molecule has 128 valence electrons. The fourth-order valence-corrected chi connectivity index (χ4v) is 5.08. The maximum Gasteiger partial charge on any atom is 0.223 e. The van der Waals surface area contributed by atoms with Crippen LogP contribution in [0, 0.1) is 5.92 Å². The minimum Gasteiger partial charge on any atom is -0.339 e. The van der Waals surface area contributed by atoms with E-state index in [9.17, 15) is 4.79 Å². The van der Waals surface area contributed by atoms with Crippen molar-refractivity contribution in [2.75, 3.05) is 6.54 Å². The summed E-state index contributed by atoms with van der Waals surface area (Å²) in [5.41, 5.74) is 0.801. The highest BCUT2D eigenvalue weighted by atomic mass is 35.5. The first-order valence-corrected chi connectivity index (χ1v) is 9.75. The van der Waals surface area contributed by atoms with E-state index < -0.39 is 0 Å². The molecule has 1 aromatic carbocycles. The first-order valence-electron chi connectivity index (χ1n) is 8.56. The van der Waals surface area contributed by atoms with E-state index in [0.29, 0.717) is 24.3 Å². The topological polar surface area (TPSA) is 51.0 Å². The summed E-state index contributed by atoms with van der Waals surface area (Å²) in [7, 11) is 0. The van der Waals surface area contributed by atoms with E-state index in [-0.39, 0.29) is 0 Å². The van der Waals surface area contributed by atoms with Gasteiger partial charge in [-0.2, -0.15) is 0 Å².